The number of nitrogens with one attached hydrogen (secondary N) is 1. The molecule has 1 aliphatic heterocycles. The molecule has 0 aliphatic carbocycles. The molecule has 20 heavy (non-hydrogen) atoms. The summed E-state index contributed by atoms with van der Waals surface area (Å²) < 4.78 is 5.33. The predicted molar refractivity (Wildman–Crippen MR) is 80.0 cm³/mol. The Kier molecular flexibility index (Phi) is 4.34. The van der Waals surface area contributed by atoms with Gasteiger partial charge in [0.15, 0.2) is 0 Å². The smallest absolute Gasteiger partial charge is 0.410 e. The first kappa shape index (κ1) is 15.3. The van der Waals surface area contributed by atoms with Crippen LogP contribution in [0.4, 0.5) is 4.79 Å². The maximum absolute atomic E-state index is 11.8. The minimum Gasteiger partial charge on any atom is -0.444 e. The SMILES string of the molecule is Cc1nc(C(C)NC2CN(C(=O)OC(C)(C)C)C2)cs1. The molecule has 1 N–H and O–H groups in total. The second kappa shape index (κ2) is 5.69. The van der Waals surface area contributed by atoms with Crippen molar-refractivity contribution < 1.29 is 9.53 Å². The van der Waals surface area contributed by atoms with Crippen LogP contribution in [0, 0.1) is 6.92 Å². The molecule has 2 rings (SSSR count). The Labute approximate surface area is 124 Å². The van der Waals surface area contributed by atoms with Crippen LogP contribution in [0.1, 0.15) is 44.4 Å². The molecular formula is C14H23N3O2S. The molecule has 1 saturated heterocycles. The van der Waals surface area contributed by atoms with Gasteiger partial charge < -0.3 is 15.0 Å². The molecule has 112 valence electrons. The van der Waals surface area contributed by atoms with Crippen molar-refractivity contribution in [2.75, 3.05) is 13.1 Å². The molecule has 1 fully saturated rings. The second-order valence-electron chi connectivity index (χ2n) is 6.26. The van der Waals surface area contributed by atoms with Crippen LogP contribution in [0.3, 0.4) is 0 Å². The van der Waals surface area contributed by atoms with Crippen molar-refractivity contribution in [1.29, 1.82) is 0 Å². The predicted octanol–water partition coefficient (Wildman–Crippen LogP) is 2.72. The minimum atomic E-state index is -0.430. The summed E-state index contributed by atoms with van der Waals surface area (Å²) in [7, 11) is 0. The summed E-state index contributed by atoms with van der Waals surface area (Å²) in [5.41, 5.74) is 0.643. The van der Waals surface area contributed by atoms with E-state index in [9.17, 15) is 4.79 Å². The van der Waals surface area contributed by atoms with Crippen molar-refractivity contribution in [2.45, 2.75) is 52.3 Å². The molecule has 1 atom stereocenters. The Bertz CT molecular complexity index is 475. The zero-order valence-electron chi connectivity index (χ0n) is 12.8. The highest BCUT2D eigenvalue weighted by Gasteiger charge is 2.34. The van der Waals surface area contributed by atoms with E-state index in [1.165, 1.54) is 0 Å². The fourth-order valence-corrected chi connectivity index (χ4v) is 2.78. The molecule has 0 radical (unpaired) electrons. The van der Waals surface area contributed by atoms with Gasteiger partial charge in [0, 0.05) is 30.6 Å². The monoisotopic (exact) mass is 297 g/mol. The van der Waals surface area contributed by atoms with Crippen LogP contribution in [-0.2, 0) is 4.74 Å². The van der Waals surface area contributed by atoms with Gasteiger partial charge in [0.25, 0.3) is 0 Å². The summed E-state index contributed by atoms with van der Waals surface area (Å²) >= 11 is 1.66. The Morgan fingerprint density at radius 1 is 1.55 bits per heavy atom. The van der Waals surface area contributed by atoms with Crippen molar-refractivity contribution in [3.8, 4) is 0 Å². The van der Waals surface area contributed by atoms with Gasteiger partial charge in [0.2, 0.25) is 0 Å². The highest BCUT2D eigenvalue weighted by molar-refractivity contribution is 7.09. The summed E-state index contributed by atoms with van der Waals surface area (Å²) in [6, 6.07) is 0.533. The van der Waals surface area contributed by atoms with Crippen LogP contribution in [0.2, 0.25) is 0 Å². The number of amides is 1. The molecule has 0 bridgehead atoms. The lowest BCUT2D eigenvalue weighted by molar-refractivity contribution is 0.00430. The summed E-state index contributed by atoms with van der Waals surface area (Å²) in [5, 5.41) is 6.65. The van der Waals surface area contributed by atoms with Gasteiger partial charge in [-0.15, -0.1) is 11.3 Å². The number of likely N-dealkylation sites (tertiary alicyclic amines) is 1. The van der Waals surface area contributed by atoms with Gasteiger partial charge in [-0.05, 0) is 34.6 Å². The number of thiazole rings is 1. The lowest BCUT2D eigenvalue weighted by Crippen LogP contribution is -2.60. The van der Waals surface area contributed by atoms with Gasteiger partial charge in [-0.3, -0.25) is 0 Å². The van der Waals surface area contributed by atoms with Gasteiger partial charge in [-0.25, -0.2) is 9.78 Å². The first-order valence-corrected chi connectivity index (χ1v) is 7.78. The van der Waals surface area contributed by atoms with Gasteiger partial charge in [0.05, 0.1) is 10.7 Å². The minimum absolute atomic E-state index is 0.214. The average molecular weight is 297 g/mol. The first-order chi connectivity index (χ1) is 9.24. The lowest BCUT2D eigenvalue weighted by Gasteiger charge is -2.41. The molecule has 6 heteroatoms. The Hall–Kier alpha value is -1.14. The number of rotatable bonds is 3. The van der Waals surface area contributed by atoms with Gasteiger partial charge in [0.1, 0.15) is 5.60 Å². The van der Waals surface area contributed by atoms with E-state index in [0.717, 1.165) is 10.7 Å². The number of nitrogens with zero attached hydrogens (tertiary/aromatic N) is 2. The van der Waals surface area contributed by atoms with Crippen LogP contribution in [0.5, 0.6) is 0 Å². The Morgan fingerprint density at radius 3 is 2.70 bits per heavy atom. The Morgan fingerprint density at radius 2 is 2.20 bits per heavy atom. The Balaban J connectivity index is 1.75. The maximum Gasteiger partial charge on any atom is 0.410 e. The highest BCUT2D eigenvalue weighted by Crippen LogP contribution is 2.20. The number of aromatic nitrogens is 1. The first-order valence-electron chi connectivity index (χ1n) is 6.90. The van der Waals surface area contributed by atoms with Crippen molar-refractivity contribution in [3.05, 3.63) is 16.1 Å². The van der Waals surface area contributed by atoms with Crippen LogP contribution >= 0.6 is 11.3 Å². The molecular weight excluding hydrogens is 274 g/mol. The molecule has 1 amide bonds. The van der Waals surface area contributed by atoms with E-state index < -0.39 is 5.60 Å². The van der Waals surface area contributed by atoms with Gasteiger partial charge in [-0.1, -0.05) is 0 Å². The number of hydrogen-bond acceptors (Lipinski definition) is 5. The third kappa shape index (κ3) is 3.93. The molecule has 0 aromatic carbocycles. The van der Waals surface area contributed by atoms with Crippen molar-refractivity contribution >= 4 is 17.4 Å². The van der Waals surface area contributed by atoms with E-state index in [-0.39, 0.29) is 12.1 Å². The highest BCUT2D eigenvalue weighted by atomic mass is 32.1. The summed E-state index contributed by atoms with van der Waals surface area (Å²) in [6.07, 6.45) is -0.229. The van der Waals surface area contributed by atoms with Crippen LogP contribution in [0.15, 0.2) is 5.38 Å². The maximum atomic E-state index is 11.8. The third-order valence-electron chi connectivity index (χ3n) is 3.10. The number of aryl methyl sites for hydroxylation is 1. The van der Waals surface area contributed by atoms with Crippen molar-refractivity contribution in [3.63, 3.8) is 0 Å². The van der Waals surface area contributed by atoms with E-state index in [1.807, 2.05) is 27.7 Å². The molecule has 2 heterocycles. The van der Waals surface area contributed by atoms with E-state index in [0.29, 0.717) is 19.1 Å². The largest absolute Gasteiger partial charge is 0.444 e. The van der Waals surface area contributed by atoms with Crippen molar-refractivity contribution in [2.24, 2.45) is 0 Å². The lowest BCUT2D eigenvalue weighted by atomic mass is 10.1. The van der Waals surface area contributed by atoms with Crippen LogP contribution in [0.25, 0.3) is 0 Å². The van der Waals surface area contributed by atoms with E-state index >= 15 is 0 Å². The molecule has 1 aliphatic rings. The number of carbonyl (C=O) groups is 1. The van der Waals surface area contributed by atoms with Crippen LogP contribution < -0.4 is 5.32 Å². The average Bonchev–Trinajstić information content (AvgIpc) is 2.66. The standard InChI is InChI=1S/C14H23N3O2S/c1-9(12-8-20-10(2)16-12)15-11-6-17(7-11)13(18)19-14(3,4)5/h8-9,11,15H,6-7H2,1-5H3. The van der Waals surface area contributed by atoms with E-state index in [2.05, 4.69) is 22.6 Å². The van der Waals surface area contributed by atoms with Gasteiger partial charge >= 0.3 is 6.09 Å². The van der Waals surface area contributed by atoms with Crippen molar-refractivity contribution in [1.82, 2.24) is 15.2 Å². The van der Waals surface area contributed by atoms with Gasteiger partial charge in [-0.2, -0.15) is 0 Å². The fourth-order valence-electron chi connectivity index (χ4n) is 2.08. The molecule has 1 aromatic heterocycles. The molecule has 0 spiro atoms. The number of hydrogen-bond donors (Lipinski definition) is 1. The van der Waals surface area contributed by atoms with Crippen LogP contribution in [-0.4, -0.2) is 40.7 Å². The second-order valence-corrected chi connectivity index (χ2v) is 7.32. The molecule has 1 unspecified atom stereocenters. The number of carbonyl (C=O) groups excluding carboxylic acids is 1. The zero-order valence-corrected chi connectivity index (χ0v) is 13.6. The number of ether oxygens (including phenoxy) is 1. The summed E-state index contributed by atoms with van der Waals surface area (Å²) in [4.78, 5) is 18.0. The summed E-state index contributed by atoms with van der Waals surface area (Å²) in [5.74, 6) is 0. The molecule has 0 saturated carbocycles. The fraction of sp³-hybridized carbons (Fsp3) is 0.714. The quantitative estimate of drug-likeness (QED) is 0.932. The summed E-state index contributed by atoms with van der Waals surface area (Å²) in [6.45, 7) is 11.1. The van der Waals surface area contributed by atoms with E-state index in [1.54, 1.807) is 16.2 Å². The topological polar surface area (TPSA) is 54.5 Å². The normalized spacial score (nSPS) is 17.8. The zero-order chi connectivity index (χ0) is 14.9. The molecule has 1 aromatic rings. The molecule has 5 nitrogen and oxygen atoms in total. The third-order valence-corrected chi connectivity index (χ3v) is 3.89. The van der Waals surface area contributed by atoms with E-state index in [4.69, 9.17) is 4.74 Å².